The number of alkyl halides is 3. The molecule has 1 aromatic rings. The second-order valence-corrected chi connectivity index (χ2v) is 3.56. The second-order valence-electron chi connectivity index (χ2n) is 3.56. The Hall–Kier alpha value is -1.43. The molecule has 1 saturated heterocycles. The summed E-state index contributed by atoms with van der Waals surface area (Å²) >= 11 is 0. The molecular weight excluding hydrogens is 221 g/mol. The number of hydrogen-bond acceptors (Lipinski definition) is 3. The number of hydroxylamine groups is 1. The van der Waals surface area contributed by atoms with Crippen LogP contribution in [0.25, 0.3) is 0 Å². The number of nitrogen functional groups attached to an aromatic ring is 1. The van der Waals surface area contributed by atoms with E-state index in [0.717, 1.165) is 12.5 Å². The molecule has 0 bridgehead atoms. The van der Waals surface area contributed by atoms with Gasteiger partial charge in [-0.1, -0.05) is 0 Å². The number of rotatable bonds is 1. The standard InChI is InChI=1S/C10H11F3N2O/c11-10(12,13)8-6-7(14)2-3-9(8)15-4-1-5-16-15/h2-3,6H,1,4-5,14H2. The van der Waals surface area contributed by atoms with Gasteiger partial charge in [0.2, 0.25) is 0 Å². The molecule has 2 rings (SSSR count). The van der Waals surface area contributed by atoms with Gasteiger partial charge in [0.1, 0.15) is 0 Å². The molecule has 3 nitrogen and oxygen atoms in total. The molecule has 1 aliphatic rings. The Morgan fingerprint density at radius 3 is 2.62 bits per heavy atom. The van der Waals surface area contributed by atoms with Gasteiger partial charge in [-0.05, 0) is 24.6 Å². The molecule has 1 fully saturated rings. The summed E-state index contributed by atoms with van der Waals surface area (Å²) in [6.07, 6.45) is -3.70. The predicted molar refractivity (Wildman–Crippen MR) is 53.8 cm³/mol. The van der Waals surface area contributed by atoms with Crippen LogP contribution in [-0.4, -0.2) is 13.2 Å². The minimum Gasteiger partial charge on any atom is -0.399 e. The smallest absolute Gasteiger partial charge is 0.399 e. The summed E-state index contributed by atoms with van der Waals surface area (Å²) in [6, 6.07) is 3.70. The topological polar surface area (TPSA) is 38.5 Å². The maximum Gasteiger partial charge on any atom is 0.418 e. The molecule has 16 heavy (non-hydrogen) atoms. The first-order valence-corrected chi connectivity index (χ1v) is 4.85. The van der Waals surface area contributed by atoms with E-state index in [1.54, 1.807) is 0 Å². The van der Waals surface area contributed by atoms with Crippen molar-refractivity contribution in [2.45, 2.75) is 12.6 Å². The zero-order valence-corrected chi connectivity index (χ0v) is 8.42. The largest absolute Gasteiger partial charge is 0.418 e. The number of hydrogen-bond donors (Lipinski definition) is 1. The van der Waals surface area contributed by atoms with Crippen LogP contribution in [0.4, 0.5) is 24.5 Å². The average molecular weight is 232 g/mol. The first-order valence-electron chi connectivity index (χ1n) is 4.85. The van der Waals surface area contributed by atoms with Gasteiger partial charge >= 0.3 is 6.18 Å². The van der Waals surface area contributed by atoms with Crippen LogP contribution in [0.2, 0.25) is 0 Å². The van der Waals surface area contributed by atoms with Crippen LogP contribution >= 0.6 is 0 Å². The summed E-state index contributed by atoms with van der Waals surface area (Å²) in [5.41, 5.74) is 4.73. The maximum absolute atomic E-state index is 12.7. The molecule has 0 unspecified atom stereocenters. The molecule has 2 N–H and O–H groups in total. The van der Waals surface area contributed by atoms with E-state index < -0.39 is 11.7 Å². The molecule has 0 aliphatic carbocycles. The molecule has 0 saturated carbocycles. The fourth-order valence-corrected chi connectivity index (χ4v) is 1.64. The predicted octanol–water partition coefficient (Wildman–Crippen LogP) is 2.43. The quantitative estimate of drug-likeness (QED) is 0.756. The molecular formula is C10H11F3N2O. The number of nitrogens with two attached hydrogens (primary N) is 1. The van der Waals surface area contributed by atoms with Crippen molar-refractivity contribution in [1.82, 2.24) is 0 Å². The van der Waals surface area contributed by atoms with Crippen LogP contribution in [0.15, 0.2) is 18.2 Å². The summed E-state index contributed by atoms with van der Waals surface area (Å²) in [5.74, 6) is 0. The number of nitrogens with zero attached hydrogens (tertiary/aromatic N) is 1. The Kier molecular flexibility index (Phi) is 2.67. The van der Waals surface area contributed by atoms with E-state index in [1.807, 2.05) is 0 Å². The third kappa shape index (κ3) is 2.06. The van der Waals surface area contributed by atoms with E-state index in [-0.39, 0.29) is 11.4 Å². The number of benzene rings is 1. The van der Waals surface area contributed by atoms with Gasteiger partial charge in [0.15, 0.2) is 0 Å². The fourth-order valence-electron chi connectivity index (χ4n) is 1.64. The van der Waals surface area contributed by atoms with Gasteiger partial charge in [-0.25, -0.2) is 0 Å². The summed E-state index contributed by atoms with van der Waals surface area (Å²) in [6.45, 7) is 0.911. The summed E-state index contributed by atoms with van der Waals surface area (Å²) < 4.78 is 38.2. The summed E-state index contributed by atoms with van der Waals surface area (Å²) in [7, 11) is 0. The SMILES string of the molecule is Nc1ccc(N2CCCO2)c(C(F)(F)F)c1. The highest BCUT2D eigenvalue weighted by atomic mass is 19.4. The van der Waals surface area contributed by atoms with Gasteiger partial charge in [-0.15, -0.1) is 0 Å². The van der Waals surface area contributed by atoms with Crippen molar-refractivity contribution in [3.05, 3.63) is 23.8 Å². The van der Waals surface area contributed by atoms with Crippen molar-refractivity contribution in [3.63, 3.8) is 0 Å². The van der Waals surface area contributed by atoms with Crippen LogP contribution in [0, 0.1) is 0 Å². The zero-order valence-electron chi connectivity index (χ0n) is 8.42. The van der Waals surface area contributed by atoms with Gasteiger partial charge in [0.05, 0.1) is 17.9 Å². The lowest BCUT2D eigenvalue weighted by atomic mass is 10.1. The maximum atomic E-state index is 12.7. The highest BCUT2D eigenvalue weighted by Gasteiger charge is 2.36. The van der Waals surface area contributed by atoms with Gasteiger partial charge in [0, 0.05) is 12.2 Å². The van der Waals surface area contributed by atoms with Crippen molar-refractivity contribution >= 4 is 11.4 Å². The Morgan fingerprint density at radius 2 is 2.06 bits per heavy atom. The van der Waals surface area contributed by atoms with Crippen LogP contribution in [0.5, 0.6) is 0 Å². The lowest BCUT2D eigenvalue weighted by Crippen LogP contribution is -2.21. The molecule has 88 valence electrons. The van der Waals surface area contributed by atoms with Crippen molar-refractivity contribution in [1.29, 1.82) is 0 Å². The normalized spacial score (nSPS) is 16.8. The van der Waals surface area contributed by atoms with Crippen molar-refractivity contribution in [2.24, 2.45) is 0 Å². The van der Waals surface area contributed by atoms with Crippen LogP contribution < -0.4 is 10.8 Å². The summed E-state index contributed by atoms with van der Waals surface area (Å²) in [5, 5.41) is 1.27. The molecule has 1 heterocycles. The van der Waals surface area contributed by atoms with E-state index in [2.05, 4.69) is 0 Å². The van der Waals surface area contributed by atoms with Crippen molar-refractivity contribution in [2.75, 3.05) is 23.9 Å². The number of anilines is 2. The van der Waals surface area contributed by atoms with E-state index in [4.69, 9.17) is 10.6 Å². The minimum atomic E-state index is -4.42. The minimum absolute atomic E-state index is 0.0270. The summed E-state index contributed by atoms with van der Waals surface area (Å²) in [4.78, 5) is 5.11. The Bertz CT molecular complexity index is 386. The average Bonchev–Trinajstić information content (AvgIpc) is 2.69. The van der Waals surface area contributed by atoms with E-state index in [9.17, 15) is 13.2 Å². The lowest BCUT2D eigenvalue weighted by Gasteiger charge is -2.21. The Morgan fingerprint density at radius 1 is 1.31 bits per heavy atom. The second kappa shape index (κ2) is 3.86. The van der Waals surface area contributed by atoms with E-state index in [1.165, 1.54) is 17.2 Å². The van der Waals surface area contributed by atoms with Crippen molar-refractivity contribution < 1.29 is 18.0 Å². The molecule has 1 aliphatic heterocycles. The van der Waals surface area contributed by atoms with Crippen molar-refractivity contribution in [3.8, 4) is 0 Å². The fraction of sp³-hybridized carbons (Fsp3) is 0.400. The molecule has 0 radical (unpaired) electrons. The third-order valence-electron chi connectivity index (χ3n) is 2.35. The Labute approximate surface area is 90.5 Å². The van der Waals surface area contributed by atoms with E-state index in [0.29, 0.717) is 13.2 Å². The van der Waals surface area contributed by atoms with Gasteiger partial charge in [-0.3, -0.25) is 9.90 Å². The van der Waals surface area contributed by atoms with Gasteiger partial charge < -0.3 is 5.73 Å². The zero-order chi connectivity index (χ0) is 11.8. The lowest BCUT2D eigenvalue weighted by molar-refractivity contribution is -0.137. The number of halogens is 3. The molecule has 0 atom stereocenters. The van der Waals surface area contributed by atoms with Crippen LogP contribution in [0.1, 0.15) is 12.0 Å². The van der Waals surface area contributed by atoms with Gasteiger partial charge in [0.25, 0.3) is 0 Å². The molecule has 1 aromatic carbocycles. The third-order valence-corrected chi connectivity index (χ3v) is 2.35. The van der Waals surface area contributed by atoms with Gasteiger partial charge in [-0.2, -0.15) is 13.2 Å². The highest BCUT2D eigenvalue weighted by molar-refractivity contribution is 5.59. The molecule has 6 heteroatoms. The monoisotopic (exact) mass is 232 g/mol. The molecule has 0 amide bonds. The van der Waals surface area contributed by atoms with Crippen LogP contribution in [-0.2, 0) is 11.0 Å². The molecule has 0 spiro atoms. The van der Waals surface area contributed by atoms with Crippen LogP contribution in [0.3, 0.4) is 0 Å². The first kappa shape index (κ1) is 11.1. The highest BCUT2D eigenvalue weighted by Crippen LogP contribution is 2.38. The Balaban J connectivity index is 2.43. The first-order chi connectivity index (χ1) is 7.48. The molecule has 0 aromatic heterocycles. The van der Waals surface area contributed by atoms with E-state index >= 15 is 0 Å².